The Bertz CT molecular complexity index is 1800. The largest absolute Gasteiger partial charge is 0.454 e. The fraction of sp³-hybridized carbons (Fsp3) is 0. The van der Waals surface area contributed by atoms with Crippen LogP contribution in [0.3, 0.4) is 0 Å². The van der Waals surface area contributed by atoms with Gasteiger partial charge >= 0.3 is 0 Å². The number of allylic oxidation sites excluding steroid dienone is 1. The summed E-state index contributed by atoms with van der Waals surface area (Å²) in [6, 6.07) is 35.1. The van der Waals surface area contributed by atoms with Gasteiger partial charge in [-0.05, 0) is 41.1 Å². The quantitative estimate of drug-likeness (QED) is 0.201. The predicted octanol–water partition coefficient (Wildman–Crippen LogP) is 7.51. The van der Waals surface area contributed by atoms with Crippen molar-refractivity contribution >= 4 is 39.5 Å². The molecule has 170 valence electrons. The third kappa shape index (κ3) is 3.08. The van der Waals surface area contributed by atoms with Gasteiger partial charge in [-0.25, -0.2) is 0 Å². The molecule has 4 aromatic carbocycles. The van der Waals surface area contributed by atoms with Gasteiger partial charge in [0.05, 0.1) is 16.8 Å². The van der Waals surface area contributed by atoms with Crippen LogP contribution < -0.4 is 0 Å². The number of fused-ring (bicyclic) bond motifs is 3. The van der Waals surface area contributed by atoms with Gasteiger partial charge in [0.15, 0.2) is 17.1 Å². The van der Waals surface area contributed by atoms with E-state index in [4.69, 9.17) is 4.42 Å². The maximum atomic E-state index is 13.4. The number of rotatable bonds is 3. The van der Waals surface area contributed by atoms with Crippen molar-refractivity contribution in [1.29, 1.82) is 0 Å². The van der Waals surface area contributed by atoms with E-state index in [-0.39, 0.29) is 17.1 Å². The molecule has 0 N–H and O–H groups in total. The minimum atomic E-state index is -0.247. The van der Waals surface area contributed by atoms with E-state index in [1.54, 1.807) is 6.08 Å². The highest BCUT2D eigenvalue weighted by Crippen LogP contribution is 2.36. The molecule has 0 atom stereocenters. The molecule has 0 amide bonds. The van der Waals surface area contributed by atoms with Gasteiger partial charge in [0.2, 0.25) is 0 Å². The molecule has 1 aliphatic carbocycles. The van der Waals surface area contributed by atoms with Crippen LogP contribution in [0.15, 0.2) is 119 Å². The first-order valence-corrected chi connectivity index (χ1v) is 11.8. The van der Waals surface area contributed by atoms with Crippen LogP contribution in [-0.2, 0) is 0 Å². The SMILES string of the molecule is O=C1C(=Cc2cc3oc(-c4ccccc4)cc3n2-c2ccccc2)C(=O)c2cc3ccccc3cc21. The lowest BCUT2D eigenvalue weighted by Gasteiger charge is -2.08. The van der Waals surface area contributed by atoms with Crippen LogP contribution in [0.1, 0.15) is 26.4 Å². The summed E-state index contributed by atoms with van der Waals surface area (Å²) < 4.78 is 8.24. The van der Waals surface area contributed by atoms with Gasteiger partial charge in [0.1, 0.15) is 5.76 Å². The standard InChI is InChI=1S/C32H19NO3/c34-31-25-15-21-11-7-8-12-22(21)16-26(25)32(35)27(31)17-24-18-30-28(33(24)23-13-5-2-6-14-23)19-29(36-30)20-9-3-1-4-10-20/h1-19H. The molecule has 7 rings (SSSR count). The molecule has 0 saturated carbocycles. The maximum Gasteiger partial charge on any atom is 0.197 e. The predicted molar refractivity (Wildman–Crippen MR) is 142 cm³/mol. The summed E-state index contributed by atoms with van der Waals surface area (Å²) in [5.74, 6) is 0.267. The lowest BCUT2D eigenvalue weighted by atomic mass is 10.0. The van der Waals surface area contributed by atoms with Gasteiger partial charge in [0.25, 0.3) is 0 Å². The summed E-state index contributed by atoms with van der Waals surface area (Å²) in [7, 11) is 0. The van der Waals surface area contributed by atoms with E-state index in [9.17, 15) is 9.59 Å². The topological polar surface area (TPSA) is 52.2 Å². The Morgan fingerprint density at radius 1 is 0.639 bits per heavy atom. The van der Waals surface area contributed by atoms with Gasteiger partial charge in [-0.2, -0.15) is 0 Å². The summed E-state index contributed by atoms with van der Waals surface area (Å²) in [6.07, 6.45) is 1.69. The summed E-state index contributed by atoms with van der Waals surface area (Å²) in [4.78, 5) is 26.7. The molecule has 36 heavy (non-hydrogen) atoms. The molecular weight excluding hydrogens is 446 g/mol. The molecule has 0 saturated heterocycles. The van der Waals surface area contributed by atoms with Crippen molar-refractivity contribution in [3.05, 3.63) is 132 Å². The zero-order valence-electron chi connectivity index (χ0n) is 19.1. The zero-order valence-corrected chi connectivity index (χ0v) is 19.1. The molecule has 2 aromatic heterocycles. The molecule has 6 aromatic rings. The summed E-state index contributed by atoms with van der Waals surface area (Å²) >= 11 is 0. The third-order valence-corrected chi connectivity index (χ3v) is 6.75. The van der Waals surface area contributed by atoms with Crippen LogP contribution in [0, 0.1) is 0 Å². The Morgan fingerprint density at radius 2 is 1.22 bits per heavy atom. The van der Waals surface area contributed by atoms with Crippen molar-refractivity contribution in [2.75, 3.05) is 0 Å². The minimum Gasteiger partial charge on any atom is -0.454 e. The van der Waals surface area contributed by atoms with E-state index in [1.165, 1.54) is 0 Å². The number of carbonyl (C=O) groups is 2. The first-order valence-electron chi connectivity index (χ1n) is 11.8. The summed E-state index contributed by atoms with van der Waals surface area (Å²) in [6.45, 7) is 0. The molecule has 1 aliphatic rings. The Hall–Kier alpha value is -4.96. The first kappa shape index (κ1) is 20.4. The van der Waals surface area contributed by atoms with Crippen molar-refractivity contribution in [3.63, 3.8) is 0 Å². The molecule has 2 heterocycles. The van der Waals surface area contributed by atoms with Crippen molar-refractivity contribution in [2.45, 2.75) is 0 Å². The van der Waals surface area contributed by atoms with Crippen molar-refractivity contribution in [2.24, 2.45) is 0 Å². The van der Waals surface area contributed by atoms with Crippen LogP contribution >= 0.6 is 0 Å². The average molecular weight is 466 g/mol. The minimum absolute atomic E-state index is 0.168. The number of hydrogen-bond acceptors (Lipinski definition) is 3. The van der Waals surface area contributed by atoms with Crippen LogP contribution in [0.4, 0.5) is 0 Å². The molecule has 0 radical (unpaired) electrons. The van der Waals surface area contributed by atoms with E-state index in [1.807, 2.05) is 114 Å². The van der Waals surface area contributed by atoms with E-state index in [0.717, 1.165) is 33.3 Å². The monoisotopic (exact) mass is 465 g/mol. The normalized spacial score (nSPS) is 13.1. The van der Waals surface area contributed by atoms with Crippen LogP contribution in [0.2, 0.25) is 0 Å². The highest BCUT2D eigenvalue weighted by molar-refractivity contribution is 6.42. The fourth-order valence-corrected chi connectivity index (χ4v) is 5.02. The first-order chi connectivity index (χ1) is 17.7. The Kier molecular flexibility index (Phi) is 4.42. The maximum absolute atomic E-state index is 13.4. The lowest BCUT2D eigenvalue weighted by Crippen LogP contribution is -2.02. The molecule has 0 unspecified atom stereocenters. The van der Waals surface area contributed by atoms with Gasteiger partial charge in [-0.15, -0.1) is 0 Å². The molecule has 0 spiro atoms. The fourth-order valence-electron chi connectivity index (χ4n) is 5.02. The number of nitrogens with zero attached hydrogens (tertiary/aromatic N) is 1. The molecule has 4 heteroatoms. The Labute approximate surface area is 206 Å². The number of Topliss-reactive ketones (excluding diaryl/α,β-unsaturated/α-hetero) is 2. The number of hydrogen-bond donors (Lipinski definition) is 0. The third-order valence-electron chi connectivity index (χ3n) is 6.75. The number of carbonyl (C=O) groups excluding carboxylic acids is 2. The van der Waals surface area contributed by atoms with Gasteiger partial charge in [-0.1, -0.05) is 72.8 Å². The molecule has 4 nitrogen and oxygen atoms in total. The number of benzene rings is 4. The van der Waals surface area contributed by atoms with Gasteiger partial charge in [0, 0.05) is 34.5 Å². The number of ketones is 2. The zero-order chi connectivity index (χ0) is 24.2. The number of furan rings is 1. The highest BCUT2D eigenvalue weighted by atomic mass is 16.3. The molecular formula is C32H19NO3. The van der Waals surface area contributed by atoms with Crippen molar-refractivity contribution in [1.82, 2.24) is 4.57 Å². The Morgan fingerprint density at radius 3 is 1.86 bits per heavy atom. The summed E-state index contributed by atoms with van der Waals surface area (Å²) in [5, 5.41) is 1.88. The van der Waals surface area contributed by atoms with E-state index < -0.39 is 0 Å². The number of para-hydroxylation sites is 1. The van der Waals surface area contributed by atoms with Crippen LogP contribution in [-0.4, -0.2) is 16.1 Å². The summed E-state index contributed by atoms with van der Waals surface area (Å²) in [5.41, 5.74) is 5.25. The molecule has 0 aliphatic heterocycles. The van der Waals surface area contributed by atoms with E-state index >= 15 is 0 Å². The number of aromatic nitrogens is 1. The van der Waals surface area contributed by atoms with Crippen molar-refractivity contribution < 1.29 is 14.0 Å². The van der Waals surface area contributed by atoms with Crippen LogP contribution in [0.5, 0.6) is 0 Å². The highest BCUT2D eigenvalue weighted by Gasteiger charge is 2.34. The Balaban J connectivity index is 1.40. The van der Waals surface area contributed by atoms with Gasteiger partial charge in [-0.3, -0.25) is 9.59 Å². The van der Waals surface area contributed by atoms with Crippen LogP contribution in [0.25, 0.3) is 45.0 Å². The van der Waals surface area contributed by atoms with E-state index in [0.29, 0.717) is 22.4 Å². The average Bonchev–Trinajstić information content (AvgIpc) is 3.55. The second-order valence-electron chi connectivity index (χ2n) is 8.93. The lowest BCUT2D eigenvalue weighted by molar-refractivity contribution is 0.0990. The smallest absolute Gasteiger partial charge is 0.197 e. The van der Waals surface area contributed by atoms with Crippen molar-refractivity contribution in [3.8, 4) is 17.0 Å². The molecule has 0 fully saturated rings. The van der Waals surface area contributed by atoms with Gasteiger partial charge < -0.3 is 8.98 Å². The molecule has 0 bridgehead atoms. The second kappa shape index (κ2) is 7.79. The van der Waals surface area contributed by atoms with E-state index in [2.05, 4.69) is 0 Å². The second-order valence-corrected chi connectivity index (χ2v) is 8.93.